The molecule has 146 valence electrons. The Hall–Kier alpha value is -2.76. The molecule has 1 fully saturated rings. The quantitative estimate of drug-likeness (QED) is 0.721. The maximum atomic E-state index is 12.8. The van der Waals surface area contributed by atoms with Crippen molar-refractivity contribution in [2.75, 3.05) is 31.6 Å². The fourth-order valence-electron chi connectivity index (χ4n) is 4.14. The van der Waals surface area contributed by atoms with Crippen LogP contribution in [0.4, 0.5) is 17.2 Å². The van der Waals surface area contributed by atoms with E-state index in [4.69, 9.17) is 4.98 Å². The number of nitrogens with zero attached hydrogens (tertiary/aromatic N) is 5. The number of fused-ring (bicyclic) bond motifs is 1. The van der Waals surface area contributed by atoms with E-state index in [1.165, 1.54) is 6.42 Å². The van der Waals surface area contributed by atoms with Crippen LogP contribution in [0.5, 0.6) is 0 Å². The maximum Gasteiger partial charge on any atom is 0.255 e. The fraction of sp³-hybridized carbons (Fsp3) is 0.455. The SMILES string of the molecule is C/N=N/c1ccc(N2CCCc3cc(C(=O)N4CCCCC4)cnc32)cc1C. The monoisotopic (exact) mass is 377 g/mol. The van der Waals surface area contributed by atoms with Crippen molar-refractivity contribution in [3.63, 3.8) is 0 Å². The number of piperidine rings is 1. The van der Waals surface area contributed by atoms with Gasteiger partial charge < -0.3 is 9.80 Å². The van der Waals surface area contributed by atoms with Gasteiger partial charge in [-0.2, -0.15) is 10.2 Å². The van der Waals surface area contributed by atoms with Gasteiger partial charge in [0.2, 0.25) is 0 Å². The predicted octanol–water partition coefficient (Wildman–Crippen LogP) is 4.81. The number of likely N-dealkylation sites (tertiary alicyclic amines) is 1. The number of hydrogen-bond acceptors (Lipinski definition) is 5. The largest absolute Gasteiger partial charge is 0.339 e. The molecule has 0 radical (unpaired) electrons. The summed E-state index contributed by atoms with van der Waals surface area (Å²) in [6, 6.07) is 8.26. The zero-order valence-electron chi connectivity index (χ0n) is 16.7. The molecule has 2 aromatic rings. The van der Waals surface area contributed by atoms with Crippen LogP contribution >= 0.6 is 0 Å². The number of hydrogen-bond donors (Lipinski definition) is 0. The molecule has 1 saturated heterocycles. The van der Waals surface area contributed by atoms with Gasteiger partial charge in [-0.3, -0.25) is 4.79 Å². The standard InChI is InChI=1S/C22H27N5O/c1-16-13-19(8-9-20(16)25-23-2)27-12-6-7-17-14-18(15-24-21(17)27)22(28)26-10-4-3-5-11-26/h8-9,13-15H,3-7,10-12H2,1-2H3/b25-23+. The number of azo groups is 1. The van der Waals surface area contributed by atoms with Crippen molar-refractivity contribution in [2.24, 2.45) is 10.2 Å². The number of carbonyl (C=O) groups excluding carboxylic acids is 1. The van der Waals surface area contributed by atoms with Crippen molar-refractivity contribution in [2.45, 2.75) is 39.0 Å². The van der Waals surface area contributed by atoms with Crippen LogP contribution in [0, 0.1) is 6.92 Å². The van der Waals surface area contributed by atoms with E-state index in [1.807, 2.05) is 17.9 Å². The van der Waals surface area contributed by atoms with Crippen LogP contribution in [0.25, 0.3) is 0 Å². The maximum absolute atomic E-state index is 12.8. The summed E-state index contributed by atoms with van der Waals surface area (Å²) in [6.07, 6.45) is 7.18. The summed E-state index contributed by atoms with van der Waals surface area (Å²) in [5.41, 5.74) is 4.96. The highest BCUT2D eigenvalue weighted by Crippen LogP contribution is 2.34. The molecule has 0 bridgehead atoms. The van der Waals surface area contributed by atoms with E-state index in [2.05, 4.69) is 33.3 Å². The molecule has 6 heteroatoms. The Morgan fingerprint density at radius 2 is 1.89 bits per heavy atom. The first kappa shape index (κ1) is 18.6. The van der Waals surface area contributed by atoms with Crippen molar-refractivity contribution in [3.8, 4) is 0 Å². The fourth-order valence-corrected chi connectivity index (χ4v) is 4.14. The molecular formula is C22H27N5O. The third-order valence-electron chi connectivity index (χ3n) is 5.62. The molecule has 2 aliphatic rings. The minimum Gasteiger partial charge on any atom is -0.339 e. The molecule has 28 heavy (non-hydrogen) atoms. The minimum atomic E-state index is 0.122. The van der Waals surface area contributed by atoms with E-state index in [1.54, 1.807) is 13.2 Å². The summed E-state index contributed by atoms with van der Waals surface area (Å²) in [7, 11) is 1.68. The van der Waals surface area contributed by atoms with E-state index >= 15 is 0 Å². The van der Waals surface area contributed by atoms with Gasteiger partial charge in [-0.25, -0.2) is 4.98 Å². The molecule has 3 heterocycles. The lowest BCUT2D eigenvalue weighted by Gasteiger charge is -2.31. The van der Waals surface area contributed by atoms with Crippen LogP contribution in [0.1, 0.15) is 47.2 Å². The van der Waals surface area contributed by atoms with Crippen molar-refractivity contribution in [3.05, 3.63) is 47.2 Å². The molecule has 1 aromatic carbocycles. The van der Waals surface area contributed by atoms with E-state index in [9.17, 15) is 4.79 Å². The summed E-state index contributed by atoms with van der Waals surface area (Å²) >= 11 is 0. The average molecular weight is 377 g/mol. The normalized spacial score (nSPS) is 17.1. The van der Waals surface area contributed by atoms with Gasteiger partial charge in [0.1, 0.15) is 5.82 Å². The number of amides is 1. The lowest BCUT2D eigenvalue weighted by molar-refractivity contribution is 0.0724. The van der Waals surface area contributed by atoms with Crippen LogP contribution in [0.15, 0.2) is 40.7 Å². The van der Waals surface area contributed by atoms with Crippen molar-refractivity contribution >= 4 is 23.1 Å². The molecule has 0 unspecified atom stereocenters. The first-order valence-electron chi connectivity index (χ1n) is 10.1. The van der Waals surface area contributed by atoms with Gasteiger partial charge in [-0.1, -0.05) is 0 Å². The lowest BCUT2D eigenvalue weighted by Crippen LogP contribution is -2.36. The number of carbonyl (C=O) groups is 1. The number of benzene rings is 1. The molecule has 0 saturated carbocycles. The molecule has 2 aliphatic heterocycles. The average Bonchev–Trinajstić information content (AvgIpc) is 2.74. The van der Waals surface area contributed by atoms with E-state index in [0.29, 0.717) is 0 Å². The van der Waals surface area contributed by atoms with Crippen LogP contribution < -0.4 is 4.90 Å². The molecule has 0 atom stereocenters. The second kappa shape index (κ2) is 8.09. The number of rotatable bonds is 3. The third kappa shape index (κ3) is 3.63. The van der Waals surface area contributed by atoms with Gasteiger partial charge in [0.15, 0.2) is 0 Å². The van der Waals surface area contributed by atoms with Crippen molar-refractivity contribution < 1.29 is 4.79 Å². The Kier molecular flexibility index (Phi) is 5.37. The number of aromatic nitrogens is 1. The minimum absolute atomic E-state index is 0.122. The Morgan fingerprint density at radius 1 is 1.07 bits per heavy atom. The van der Waals surface area contributed by atoms with E-state index in [0.717, 1.165) is 79.2 Å². The van der Waals surface area contributed by atoms with Crippen LogP contribution in [-0.4, -0.2) is 42.5 Å². The van der Waals surface area contributed by atoms with Gasteiger partial charge in [-0.05, 0) is 74.4 Å². The number of anilines is 2. The summed E-state index contributed by atoms with van der Waals surface area (Å²) in [5, 5.41) is 8.03. The molecule has 1 amide bonds. The predicted molar refractivity (Wildman–Crippen MR) is 111 cm³/mol. The molecule has 1 aromatic heterocycles. The molecule has 0 aliphatic carbocycles. The van der Waals surface area contributed by atoms with Crippen LogP contribution in [-0.2, 0) is 6.42 Å². The highest BCUT2D eigenvalue weighted by molar-refractivity contribution is 5.94. The van der Waals surface area contributed by atoms with Crippen LogP contribution in [0.2, 0.25) is 0 Å². The molecule has 6 nitrogen and oxygen atoms in total. The summed E-state index contributed by atoms with van der Waals surface area (Å²) < 4.78 is 0. The highest BCUT2D eigenvalue weighted by atomic mass is 16.2. The van der Waals surface area contributed by atoms with Crippen molar-refractivity contribution in [1.29, 1.82) is 0 Å². The lowest BCUT2D eigenvalue weighted by atomic mass is 10.0. The number of pyridine rings is 1. The first-order chi connectivity index (χ1) is 13.7. The summed E-state index contributed by atoms with van der Waals surface area (Å²) in [5.74, 6) is 1.09. The zero-order chi connectivity index (χ0) is 19.5. The topological polar surface area (TPSA) is 61.2 Å². The zero-order valence-corrected chi connectivity index (χ0v) is 16.7. The smallest absolute Gasteiger partial charge is 0.255 e. The highest BCUT2D eigenvalue weighted by Gasteiger charge is 2.24. The molecule has 4 rings (SSSR count). The van der Waals surface area contributed by atoms with Crippen LogP contribution in [0.3, 0.4) is 0 Å². The Bertz CT molecular complexity index is 902. The van der Waals surface area contributed by atoms with Gasteiger partial charge >= 0.3 is 0 Å². The van der Waals surface area contributed by atoms with Crippen molar-refractivity contribution in [1.82, 2.24) is 9.88 Å². The van der Waals surface area contributed by atoms with Gasteiger partial charge in [0, 0.05) is 38.6 Å². The van der Waals surface area contributed by atoms with Gasteiger partial charge in [0.05, 0.1) is 11.3 Å². The van der Waals surface area contributed by atoms with Gasteiger partial charge in [-0.15, -0.1) is 0 Å². The van der Waals surface area contributed by atoms with E-state index in [-0.39, 0.29) is 5.91 Å². The van der Waals surface area contributed by atoms with Gasteiger partial charge in [0.25, 0.3) is 5.91 Å². The summed E-state index contributed by atoms with van der Waals surface area (Å²) in [6.45, 7) is 4.70. The summed E-state index contributed by atoms with van der Waals surface area (Å²) in [4.78, 5) is 21.8. The number of aryl methyl sites for hydroxylation is 2. The Labute approximate surface area is 166 Å². The second-order valence-corrected chi connectivity index (χ2v) is 7.59. The second-order valence-electron chi connectivity index (χ2n) is 7.59. The first-order valence-corrected chi connectivity index (χ1v) is 10.1. The molecule has 0 spiro atoms. The Balaban J connectivity index is 1.61. The van der Waals surface area contributed by atoms with E-state index < -0.39 is 0 Å². The third-order valence-corrected chi connectivity index (χ3v) is 5.62. The molecule has 0 N–H and O–H groups in total. The Morgan fingerprint density at radius 3 is 2.64 bits per heavy atom. The molecular weight excluding hydrogens is 350 g/mol.